The lowest BCUT2D eigenvalue weighted by molar-refractivity contribution is -0.160. The van der Waals surface area contributed by atoms with E-state index in [4.69, 9.17) is 0 Å². The van der Waals surface area contributed by atoms with Crippen molar-refractivity contribution in [3.05, 3.63) is 35.6 Å². The third-order valence-electron chi connectivity index (χ3n) is 5.65. The Kier molecular flexibility index (Phi) is 6.65. The second-order valence-electron chi connectivity index (χ2n) is 7.62. The van der Waals surface area contributed by atoms with Crippen LogP contribution in [0.3, 0.4) is 0 Å². The number of nitrogens with zero attached hydrogens (tertiary/aromatic N) is 2. The number of halogens is 1. The minimum atomic E-state index is -0.640. The number of carbonyl (C=O) groups is 3. The van der Waals surface area contributed by atoms with E-state index in [0.29, 0.717) is 19.5 Å². The topological polar surface area (TPSA) is 69.7 Å². The number of benzene rings is 1. The van der Waals surface area contributed by atoms with Gasteiger partial charge >= 0.3 is 11.8 Å². The molecule has 152 valence electrons. The predicted octanol–water partition coefficient (Wildman–Crippen LogP) is 2.22. The zero-order valence-corrected chi connectivity index (χ0v) is 16.3. The van der Waals surface area contributed by atoms with Crippen LogP contribution in [-0.4, -0.2) is 52.7 Å². The Balaban J connectivity index is 1.61. The van der Waals surface area contributed by atoms with Crippen LogP contribution in [0.15, 0.2) is 24.3 Å². The molecular formula is C21H28FN3O3. The fraction of sp³-hybridized carbons (Fsp3) is 0.571. The van der Waals surface area contributed by atoms with Gasteiger partial charge in [-0.25, -0.2) is 4.39 Å². The molecule has 2 aliphatic rings. The Bertz CT molecular complexity index is 716. The van der Waals surface area contributed by atoms with E-state index < -0.39 is 17.9 Å². The molecule has 1 saturated carbocycles. The number of nitrogens with one attached hydrogen (secondary N) is 1. The molecule has 0 spiro atoms. The largest absolute Gasteiger partial charge is 0.352 e. The lowest BCUT2D eigenvalue weighted by Crippen LogP contribution is -2.60. The molecule has 0 bridgehead atoms. The lowest BCUT2D eigenvalue weighted by atomic mass is 9.95. The Morgan fingerprint density at radius 3 is 2.43 bits per heavy atom. The minimum absolute atomic E-state index is 0.164. The summed E-state index contributed by atoms with van der Waals surface area (Å²) in [5.74, 6) is -1.76. The first-order valence-electron chi connectivity index (χ1n) is 10.1. The summed E-state index contributed by atoms with van der Waals surface area (Å²) < 4.78 is 13.0. The zero-order valence-electron chi connectivity index (χ0n) is 16.3. The summed E-state index contributed by atoms with van der Waals surface area (Å²) in [6, 6.07) is 5.42. The van der Waals surface area contributed by atoms with Gasteiger partial charge in [-0.3, -0.25) is 14.4 Å². The molecule has 3 rings (SSSR count). The molecule has 1 atom stereocenters. The third-order valence-corrected chi connectivity index (χ3v) is 5.65. The van der Waals surface area contributed by atoms with Crippen molar-refractivity contribution >= 4 is 17.7 Å². The van der Waals surface area contributed by atoms with Gasteiger partial charge < -0.3 is 15.1 Å². The highest BCUT2D eigenvalue weighted by molar-refractivity contribution is 6.35. The molecule has 1 heterocycles. The summed E-state index contributed by atoms with van der Waals surface area (Å²) in [6.07, 6.45) is 5.84. The van der Waals surface area contributed by atoms with E-state index in [0.717, 1.165) is 31.2 Å². The fourth-order valence-electron chi connectivity index (χ4n) is 4.04. The Labute approximate surface area is 165 Å². The Hall–Kier alpha value is -2.44. The highest BCUT2D eigenvalue weighted by Gasteiger charge is 2.38. The van der Waals surface area contributed by atoms with E-state index in [9.17, 15) is 18.8 Å². The van der Waals surface area contributed by atoms with Gasteiger partial charge in [-0.1, -0.05) is 38.3 Å². The van der Waals surface area contributed by atoms with Crippen LogP contribution in [-0.2, 0) is 20.9 Å². The molecule has 3 amide bonds. The molecule has 28 heavy (non-hydrogen) atoms. The van der Waals surface area contributed by atoms with Crippen LogP contribution in [0.4, 0.5) is 4.39 Å². The summed E-state index contributed by atoms with van der Waals surface area (Å²) in [7, 11) is 0. The van der Waals surface area contributed by atoms with Crippen LogP contribution in [0.5, 0.6) is 0 Å². The Morgan fingerprint density at radius 2 is 1.79 bits per heavy atom. The third kappa shape index (κ3) is 4.69. The summed E-state index contributed by atoms with van der Waals surface area (Å²) in [4.78, 5) is 40.8. The number of hydrogen-bond acceptors (Lipinski definition) is 3. The van der Waals surface area contributed by atoms with Crippen molar-refractivity contribution in [2.45, 2.75) is 64.1 Å². The van der Waals surface area contributed by atoms with Gasteiger partial charge in [-0.05, 0) is 37.0 Å². The molecule has 1 aliphatic carbocycles. The second kappa shape index (κ2) is 9.17. The molecule has 0 unspecified atom stereocenters. The molecule has 0 aromatic heterocycles. The summed E-state index contributed by atoms with van der Waals surface area (Å²) in [5, 5.41) is 3.07. The van der Waals surface area contributed by atoms with E-state index in [-0.39, 0.29) is 24.3 Å². The van der Waals surface area contributed by atoms with E-state index >= 15 is 0 Å². The molecule has 1 N–H and O–H groups in total. The van der Waals surface area contributed by atoms with Crippen molar-refractivity contribution in [3.8, 4) is 0 Å². The molecule has 7 heteroatoms. The SMILES string of the molecule is CC[C@H](C(=O)NC1CCCCC1)N1CCN(Cc2ccc(F)cc2)C(=O)C1=O. The average Bonchev–Trinajstić information content (AvgIpc) is 2.70. The van der Waals surface area contributed by atoms with Crippen LogP contribution in [0.2, 0.25) is 0 Å². The molecule has 1 aliphatic heterocycles. The molecule has 1 saturated heterocycles. The standard InChI is InChI=1S/C21H28FN3O3/c1-2-18(19(26)23-17-6-4-3-5-7-17)25-13-12-24(20(27)21(25)28)14-15-8-10-16(22)11-9-15/h8-11,17-18H,2-7,12-14H2,1H3,(H,23,26)/t18-/m1/s1. The van der Waals surface area contributed by atoms with Crippen LogP contribution in [0.1, 0.15) is 51.0 Å². The van der Waals surface area contributed by atoms with Crippen molar-refractivity contribution in [3.63, 3.8) is 0 Å². The number of amides is 3. The molecule has 0 radical (unpaired) electrons. The highest BCUT2D eigenvalue weighted by Crippen LogP contribution is 2.19. The number of hydrogen-bond donors (Lipinski definition) is 1. The molecule has 1 aromatic rings. The van der Waals surface area contributed by atoms with Gasteiger partial charge in [0.2, 0.25) is 5.91 Å². The monoisotopic (exact) mass is 389 g/mol. The van der Waals surface area contributed by atoms with Crippen molar-refractivity contribution in [2.24, 2.45) is 0 Å². The van der Waals surface area contributed by atoms with Gasteiger partial charge in [-0.2, -0.15) is 0 Å². The van der Waals surface area contributed by atoms with Gasteiger partial charge in [-0.15, -0.1) is 0 Å². The van der Waals surface area contributed by atoms with E-state index in [1.165, 1.54) is 28.4 Å². The van der Waals surface area contributed by atoms with Crippen molar-refractivity contribution in [1.82, 2.24) is 15.1 Å². The van der Waals surface area contributed by atoms with E-state index in [2.05, 4.69) is 5.32 Å². The first kappa shape index (κ1) is 20.3. The van der Waals surface area contributed by atoms with Crippen LogP contribution >= 0.6 is 0 Å². The predicted molar refractivity (Wildman–Crippen MR) is 103 cm³/mol. The minimum Gasteiger partial charge on any atom is -0.352 e. The maximum atomic E-state index is 13.0. The van der Waals surface area contributed by atoms with Crippen molar-refractivity contribution in [2.75, 3.05) is 13.1 Å². The average molecular weight is 389 g/mol. The smallest absolute Gasteiger partial charge is 0.312 e. The molecule has 2 fully saturated rings. The normalized spacial score (nSPS) is 19.6. The van der Waals surface area contributed by atoms with E-state index in [1.54, 1.807) is 12.1 Å². The Morgan fingerprint density at radius 1 is 1.11 bits per heavy atom. The van der Waals surface area contributed by atoms with Gasteiger partial charge in [0.1, 0.15) is 11.9 Å². The van der Waals surface area contributed by atoms with Gasteiger partial charge in [0.15, 0.2) is 0 Å². The zero-order chi connectivity index (χ0) is 20.1. The first-order chi connectivity index (χ1) is 13.5. The highest BCUT2D eigenvalue weighted by atomic mass is 19.1. The maximum absolute atomic E-state index is 13.0. The van der Waals surface area contributed by atoms with Gasteiger partial charge in [0, 0.05) is 25.7 Å². The second-order valence-corrected chi connectivity index (χ2v) is 7.62. The first-order valence-corrected chi connectivity index (χ1v) is 10.1. The van der Waals surface area contributed by atoms with Crippen molar-refractivity contribution in [1.29, 1.82) is 0 Å². The van der Waals surface area contributed by atoms with Crippen molar-refractivity contribution < 1.29 is 18.8 Å². The number of piperazine rings is 1. The van der Waals surface area contributed by atoms with Gasteiger partial charge in [0.25, 0.3) is 0 Å². The maximum Gasteiger partial charge on any atom is 0.312 e. The molecule has 6 nitrogen and oxygen atoms in total. The molecular weight excluding hydrogens is 361 g/mol. The van der Waals surface area contributed by atoms with E-state index in [1.807, 2.05) is 6.92 Å². The van der Waals surface area contributed by atoms with Crippen LogP contribution in [0.25, 0.3) is 0 Å². The van der Waals surface area contributed by atoms with Crippen LogP contribution < -0.4 is 5.32 Å². The fourth-order valence-corrected chi connectivity index (χ4v) is 4.04. The van der Waals surface area contributed by atoms with Crippen LogP contribution in [0, 0.1) is 5.82 Å². The number of rotatable bonds is 6. The summed E-state index contributed by atoms with van der Waals surface area (Å²) in [5.41, 5.74) is 0.762. The van der Waals surface area contributed by atoms with Gasteiger partial charge in [0.05, 0.1) is 0 Å². The summed E-state index contributed by atoms with van der Waals surface area (Å²) in [6.45, 7) is 2.79. The number of carbonyl (C=O) groups excluding carboxylic acids is 3. The lowest BCUT2D eigenvalue weighted by Gasteiger charge is -2.38. The quantitative estimate of drug-likeness (QED) is 0.759. The summed E-state index contributed by atoms with van der Waals surface area (Å²) >= 11 is 0. The molecule has 1 aromatic carbocycles.